The molecule has 7 nitrogen and oxygen atoms in total. The molecule has 0 aliphatic heterocycles. The van der Waals surface area contributed by atoms with Gasteiger partial charge in [0.15, 0.2) is 0 Å². The minimum Gasteiger partial charge on any atom is -0.389 e. The molecule has 0 saturated carbocycles. The van der Waals surface area contributed by atoms with Gasteiger partial charge in [0.05, 0.1) is 4.90 Å². The van der Waals surface area contributed by atoms with Crippen LogP contribution in [-0.2, 0) is 17.1 Å². The molecule has 2 rings (SSSR count). The van der Waals surface area contributed by atoms with E-state index in [0.717, 1.165) is 18.2 Å². The van der Waals surface area contributed by atoms with E-state index in [1.54, 1.807) is 0 Å². The summed E-state index contributed by atoms with van der Waals surface area (Å²) in [5.41, 5.74) is 5.20. The van der Waals surface area contributed by atoms with Crippen LogP contribution in [0.1, 0.15) is 5.56 Å². The molecule has 0 fully saturated rings. The van der Waals surface area contributed by atoms with Crippen molar-refractivity contribution in [2.45, 2.75) is 4.90 Å². The Kier molecular flexibility index (Phi) is 3.68. The molecule has 0 amide bonds. The first-order valence-corrected chi connectivity index (χ1v) is 7.16. The third-order valence-corrected chi connectivity index (χ3v) is 4.00. The molecular formula is C10H10FN5O2S2. The van der Waals surface area contributed by atoms with Gasteiger partial charge in [-0.2, -0.15) is 10.1 Å². The summed E-state index contributed by atoms with van der Waals surface area (Å²) in [7, 11) is -2.41. The Balaban J connectivity index is 2.42. The van der Waals surface area contributed by atoms with Crippen LogP contribution >= 0.6 is 12.2 Å². The number of halogens is 1. The zero-order valence-corrected chi connectivity index (χ0v) is 11.9. The molecule has 1 aromatic carbocycles. The number of nitrogens with one attached hydrogen (secondary N) is 1. The van der Waals surface area contributed by atoms with Crippen LogP contribution in [0, 0.1) is 5.82 Å². The van der Waals surface area contributed by atoms with Gasteiger partial charge in [0.1, 0.15) is 17.1 Å². The highest BCUT2D eigenvalue weighted by molar-refractivity contribution is 7.92. The number of rotatable bonds is 4. The summed E-state index contributed by atoms with van der Waals surface area (Å²) in [5.74, 6) is -0.652. The lowest BCUT2D eigenvalue weighted by Crippen LogP contribution is -2.18. The van der Waals surface area contributed by atoms with E-state index in [1.807, 2.05) is 0 Å². The second-order valence-electron chi connectivity index (χ2n) is 3.82. The Labute approximate surface area is 119 Å². The van der Waals surface area contributed by atoms with Crippen LogP contribution in [0.4, 0.5) is 10.3 Å². The van der Waals surface area contributed by atoms with Crippen LogP contribution in [0.15, 0.2) is 29.4 Å². The van der Waals surface area contributed by atoms with E-state index in [4.69, 9.17) is 5.73 Å². The van der Waals surface area contributed by atoms with E-state index in [0.29, 0.717) is 0 Å². The molecule has 1 heterocycles. The molecule has 2 aromatic rings. The molecular weight excluding hydrogens is 305 g/mol. The summed E-state index contributed by atoms with van der Waals surface area (Å²) in [6, 6.07) is 3.16. The fourth-order valence-corrected chi connectivity index (χ4v) is 2.65. The van der Waals surface area contributed by atoms with Crippen molar-refractivity contribution >= 4 is 33.2 Å². The van der Waals surface area contributed by atoms with Crippen molar-refractivity contribution in [3.05, 3.63) is 35.9 Å². The summed E-state index contributed by atoms with van der Waals surface area (Å²) in [6.07, 6.45) is 1.20. The van der Waals surface area contributed by atoms with Gasteiger partial charge in [-0.1, -0.05) is 12.2 Å². The average Bonchev–Trinajstić information content (AvgIpc) is 2.74. The third kappa shape index (κ3) is 2.75. The zero-order valence-electron chi connectivity index (χ0n) is 10.2. The highest BCUT2D eigenvalue weighted by atomic mass is 32.2. The highest BCUT2D eigenvalue weighted by Crippen LogP contribution is 2.17. The third-order valence-electron chi connectivity index (χ3n) is 2.45. The quantitative estimate of drug-likeness (QED) is 0.791. The first-order chi connectivity index (χ1) is 9.31. The van der Waals surface area contributed by atoms with E-state index < -0.39 is 15.8 Å². The number of thiocarbonyl (C=S) groups is 1. The predicted molar refractivity (Wildman–Crippen MR) is 74.1 cm³/mol. The molecule has 106 valence electrons. The molecule has 0 unspecified atom stereocenters. The van der Waals surface area contributed by atoms with Crippen LogP contribution in [0.5, 0.6) is 0 Å². The smallest absolute Gasteiger partial charge is 0.264 e. The SMILES string of the molecule is Cn1ncnc1NS(=O)(=O)c1ccc(F)c(C(N)=S)c1. The van der Waals surface area contributed by atoms with Gasteiger partial charge in [-0.15, -0.1) is 0 Å². The number of nitrogens with zero attached hydrogens (tertiary/aromatic N) is 3. The van der Waals surface area contributed by atoms with E-state index in [-0.39, 0.29) is 21.4 Å². The van der Waals surface area contributed by atoms with Crippen LogP contribution in [0.3, 0.4) is 0 Å². The fraction of sp³-hybridized carbons (Fsp3) is 0.100. The van der Waals surface area contributed by atoms with Crippen LogP contribution in [0.2, 0.25) is 0 Å². The number of hydrogen-bond acceptors (Lipinski definition) is 5. The monoisotopic (exact) mass is 315 g/mol. The van der Waals surface area contributed by atoms with Gasteiger partial charge in [-0.3, -0.25) is 0 Å². The topological polar surface area (TPSA) is 103 Å². The average molecular weight is 315 g/mol. The number of hydrogen-bond donors (Lipinski definition) is 2. The first-order valence-electron chi connectivity index (χ1n) is 5.27. The normalized spacial score (nSPS) is 11.3. The van der Waals surface area contributed by atoms with Crippen molar-refractivity contribution < 1.29 is 12.8 Å². The maximum absolute atomic E-state index is 13.4. The number of benzene rings is 1. The van der Waals surface area contributed by atoms with Crippen molar-refractivity contribution in [2.24, 2.45) is 12.8 Å². The Bertz CT molecular complexity index is 772. The van der Waals surface area contributed by atoms with Gasteiger partial charge < -0.3 is 5.73 Å². The van der Waals surface area contributed by atoms with Gasteiger partial charge in [0, 0.05) is 12.6 Å². The minimum absolute atomic E-state index is 0.0335. The lowest BCUT2D eigenvalue weighted by Gasteiger charge is -2.08. The van der Waals surface area contributed by atoms with Gasteiger partial charge in [-0.05, 0) is 18.2 Å². The zero-order chi connectivity index (χ0) is 14.9. The molecule has 10 heteroatoms. The fourth-order valence-electron chi connectivity index (χ4n) is 1.43. The molecule has 3 N–H and O–H groups in total. The van der Waals surface area contributed by atoms with Crippen LogP contribution < -0.4 is 10.5 Å². The molecule has 0 aliphatic carbocycles. The number of anilines is 1. The largest absolute Gasteiger partial charge is 0.389 e. The predicted octanol–water partition coefficient (Wildman–Crippen LogP) is 0.389. The maximum Gasteiger partial charge on any atom is 0.264 e. The molecule has 0 spiro atoms. The second-order valence-corrected chi connectivity index (χ2v) is 5.94. The van der Waals surface area contributed by atoms with Crippen molar-refractivity contribution in [1.29, 1.82) is 0 Å². The first kappa shape index (κ1) is 14.3. The van der Waals surface area contributed by atoms with E-state index >= 15 is 0 Å². The van der Waals surface area contributed by atoms with Crippen molar-refractivity contribution in [2.75, 3.05) is 4.72 Å². The summed E-state index contributed by atoms with van der Waals surface area (Å²) in [6.45, 7) is 0. The Hall–Kier alpha value is -2.07. The summed E-state index contributed by atoms with van der Waals surface area (Å²) in [4.78, 5) is 3.34. The molecule has 0 radical (unpaired) electrons. The van der Waals surface area contributed by atoms with Crippen molar-refractivity contribution in [1.82, 2.24) is 14.8 Å². The molecule has 0 aliphatic rings. The summed E-state index contributed by atoms with van der Waals surface area (Å²) >= 11 is 4.66. The molecule has 1 aromatic heterocycles. The van der Waals surface area contributed by atoms with E-state index in [9.17, 15) is 12.8 Å². The van der Waals surface area contributed by atoms with Gasteiger partial charge in [-0.25, -0.2) is 22.2 Å². The van der Waals surface area contributed by atoms with E-state index in [2.05, 4.69) is 27.0 Å². The number of aryl methyl sites for hydroxylation is 1. The van der Waals surface area contributed by atoms with Crippen molar-refractivity contribution in [3.8, 4) is 0 Å². The summed E-state index contributed by atoms with van der Waals surface area (Å²) in [5, 5.41) is 3.73. The van der Waals surface area contributed by atoms with Gasteiger partial charge in [0.25, 0.3) is 10.0 Å². The standard InChI is InChI=1S/C10H10FN5O2S2/c1-16-10(13-5-14-16)15-20(17,18)6-2-3-8(11)7(4-6)9(12)19/h2-5H,1H3,(H2,12,19)(H,13,14,15). The number of aromatic nitrogens is 3. The minimum atomic E-state index is -3.93. The molecule has 0 atom stereocenters. The van der Waals surface area contributed by atoms with Gasteiger partial charge >= 0.3 is 0 Å². The second kappa shape index (κ2) is 5.13. The Morgan fingerprint density at radius 3 is 2.75 bits per heavy atom. The molecule has 0 bridgehead atoms. The van der Waals surface area contributed by atoms with E-state index in [1.165, 1.54) is 18.1 Å². The number of nitrogens with two attached hydrogens (primary N) is 1. The summed E-state index contributed by atoms with van der Waals surface area (Å²) < 4.78 is 41.2. The lowest BCUT2D eigenvalue weighted by molar-refractivity contribution is 0.598. The molecule has 0 saturated heterocycles. The number of sulfonamides is 1. The highest BCUT2D eigenvalue weighted by Gasteiger charge is 2.19. The lowest BCUT2D eigenvalue weighted by atomic mass is 10.2. The molecule has 20 heavy (non-hydrogen) atoms. The van der Waals surface area contributed by atoms with Gasteiger partial charge in [0.2, 0.25) is 5.95 Å². The Morgan fingerprint density at radius 1 is 1.50 bits per heavy atom. The van der Waals surface area contributed by atoms with Crippen LogP contribution in [-0.4, -0.2) is 28.2 Å². The van der Waals surface area contributed by atoms with Crippen LogP contribution in [0.25, 0.3) is 0 Å². The Morgan fingerprint density at radius 2 is 2.20 bits per heavy atom. The maximum atomic E-state index is 13.4. The van der Waals surface area contributed by atoms with Crippen molar-refractivity contribution in [3.63, 3.8) is 0 Å².